The van der Waals surface area contributed by atoms with E-state index in [-0.39, 0.29) is 4.66 Å². The fraction of sp³-hybridized carbons (Fsp3) is 0.200. The van der Waals surface area contributed by atoms with Crippen LogP contribution in [-0.2, 0) is 0 Å². The molecule has 0 heterocycles. The van der Waals surface area contributed by atoms with Crippen LogP contribution in [0.2, 0.25) is 0 Å². The van der Waals surface area contributed by atoms with Crippen molar-refractivity contribution in [2.75, 3.05) is 5.88 Å². The average Bonchev–Trinajstić information content (AvgIpc) is 2.76. The number of allylic oxidation sites excluding steroid dienone is 1. The van der Waals surface area contributed by atoms with Crippen molar-refractivity contribution in [2.24, 2.45) is 0 Å². The number of unbranched alkanes of at least 4 members (excludes halogenated alkanes) is 1. The van der Waals surface area contributed by atoms with E-state index in [9.17, 15) is 0 Å². The number of alkyl halides is 1. The van der Waals surface area contributed by atoms with Gasteiger partial charge in [0.15, 0.2) is 0 Å². The Morgan fingerprint density at radius 1 is 0.714 bits per heavy atom. The second-order valence-electron chi connectivity index (χ2n) is 7.09. The van der Waals surface area contributed by atoms with Crippen molar-refractivity contribution in [3.63, 3.8) is 0 Å². The van der Waals surface area contributed by atoms with Gasteiger partial charge in [0, 0.05) is 0 Å². The van der Waals surface area contributed by atoms with Gasteiger partial charge in [-0.25, -0.2) is 0 Å². The van der Waals surface area contributed by atoms with Crippen LogP contribution in [0.3, 0.4) is 0 Å². The van der Waals surface area contributed by atoms with Gasteiger partial charge in [-0.05, 0) is 0 Å². The van der Waals surface area contributed by atoms with Gasteiger partial charge < -0.3 is 0 Å². The summed E-state index contributed by atoms with van der Waals surface area (Å²) in [5, 5.41) is 0. The summed E-state index contributed by atoms with van der Waals surface area (Å²) in [5.74, 6) is 0.623. The van der Waals surface area contributed by atoms with Crippen molar-refractivity contribution in [2.45, 2.75) is 26.2 Å². The normalized spacial score (nSPS) is 12.5. The molecule has 0 nitrogen and oxygen atoms in total. The zero-order chi connectivity index (χ0) is 19.8. The Bertz CT molecular complexity index is 795. The van der Waals surface area contributed by atoms with E-state index in [0.717, 1.165) is 38.0 Å². The van der Waals surface area contributed by atoms with E-state index in [0.29, 0.717) is 5.88 Å². The maximum atomic E-state index is 16.5. The quantitative estimate of drug-likeness (QED) is 0.245. The molecule has 3 aromatic carbocycles. The Kier molecular flexibility index (Phi) is 7.52. The fourth-order valence-electron chi connectivity index (χ4n) is 3.86. The van der Waals surface area contributed by atoms with E-state index in [1.54, 1.807) is 0 Å². The second-order valence-corrected chi connectivity index (χ2v) is 15.2. The van der Waals surface area contributed by atoms with Crippen molar-refractivity contribution in [3.8, 4) is 0 Å². The molecule has 0 saturated heterocycles. The van der Waals surface area contributed by atoms with Crippen LogP contribution in [0, 0.1) is 0 Å². The average molecular weight is 454 g/mol. The standard InChI is InChI=1S/C25H26ClFGe/c1-21(13-11-12-20-26)25(27)28(22-14-5-2-6-15-22,23-16-7-3-8-17-23)24-18-9-4-10-19-24/h2-10,14-19H,11-13,20H2,1H3/b25-21+. The molecule has 0 amide bonds. The van der Waals surface area contributed by atoms with Gasteiger partial charge in [-0.2, -0.15) is 0 Å². The molecule has 0 aliphatic heterocycles. The van der Waals surface area contributed by atoms with E-state index < -0.39 is 13.3 Å². The molecule has 0 saturated carbocycles. The molecular weight excluding hydrogens is 427 g/mol. The van der Waals surface area contributed by atoms with Crippen molar-refractivity contribution >= 4 is 38.1 Å². The monoisotopic (exact) mass is 454 g/mol. The summed E-state index contributed by atoms with van der Waals surface area (Å²) in [7, 11) is 0. The molecule has 0 fully saturated rings. The third kappa shape index (κ3) is 4.26. The maximum absolute atomic E-state index is 16.5. The van der Waals surface area contributed by atoms with Crippen LogP contribution in [0.4, 0.5) is 4.39 Å². The minimum atomic E-state index is -3.67. The van der Waals surface area contributed by atoms with Gasteiger partial charge in [0.2, 0.25) is 0 Å². The Balaban J connectivity index is 2.30. The molecule has 0 aromatic heterocycles. The Hall–Kier alpha value is -1.84. The molecule has 144 valence electrons. The summed E-state index contributed by atoms with van der Waals surface area (Å²) >= 11 is 2.17. The van der Waals surface area contributed by atoms with E-state index in [4.69, 9.17) is 11.6 Å². The molecule has 28 heavy (non-hydrogen) atoms. The molecule has 3 rings (SSSR count). The topological polar surface area (TPSA) is 0 Å². The summed E-state index contributed by atoms with van der Waals surface area (Å²) in [6.45, 7) is 1.96. The van der Waals surface area contributed by atoms with Crippen LogP contribution in [0.25, 0.3) is 0 Å². The minimum absolute atomic E-state index is 0.0955. The molecule has 0 aliphatic carbocycles. The molecule has 0 spiro atoms. The third-order valence-corrected chi connectivity index (χ3v) is 15.4. The van der Waals surface area contributed by atoms with E-state index >= 15 is 4.39 Å². The van der Waals surface area contributed by atoms with Gasteiger partial charge in [-0.15, -0.1) is 0 Å². The van der Waals surface area contributed by atoms with E-state index in [1.165, 1.54) is 0 Å². The van der Waals surface area contributed by atoms with Crippen LogP contribution < -0.4 is 13.2 Å². The van der Waals surface area contributed by atoms with Crippen molar-refractivity contribution in [3.05, 3.63) is 101 Å². The molecular formula is C25H26ClFGe. The molecule has 0 radical (unpaired) electrons. The first-order chi connectivity index (χ1) is 13.7. The molecule has 0 aliphatic rings. The van der Waals surface area contributed by atoms with Crippen molar-refractivity contribution in [1.82, 2.24) is 0 Å². The van der Waals surface area contributed by atoms with Crippen molar-refractivity contribution in [1.29, 1.82) is 0 Å². The van der Waals surface area contributed by atoms with E-state index in [1.807, 2.05) is 61.5 Å². The summed E-state index contributed by atoms with van der Waals surface area (Å²) in [6.07, 6.45) is 2.58. The molecule has 0 atom stereocenters. The zero-order valence-corrected chi connectivity index (χ0v) is 19.1. The van der Waals surface area contributed by atoms with Gasteiger partial charge in [-0.1, -0.05) is 0 Å². The second kappa shape index (κ2) is 10.1. The first kappa shape index (κ1) is 20.9. The van der Waals surface area contributed by atoms with E-state index in [2.05, 4.69) is 36.4 Å². The number of hydrogen-bond donors (Lipinski definition) is 0. The molecule has 0 unspecified atom stereocenters. The number of hydrogen-bond acceptors (Lipinski definition) is 0. The predicted molar refractivity (Wildman–Crippen MR) is 122 cm³/mol. The first-order valence-electron chi connectivity index (χ1n) is 9.79. The first-order valence-corrected chi connectivity index (χ1v) is 14.5. The van der Waals surface area contributed by atoms with Crippen LogP contribution in [0.15, 0.2) is 101 Å². The van der Waals surface area contributed by atoms with Crippen LogP contribution >= 0.6 is 11.6 Å². The van der Waals surface area contributed by atoms with Gasteiger partial charge in [0.25, 0.3) is 0 Å². The summed E-state index contributed by atoms with van der Waals surface area (Å²) in [4.78, 5) is 0. The number of halogens is 2. The van der Waals surface area contributed by atoms with Gasteiger partial charge in [-0.3, -0.25) is 0 Å². The predicted octanol–water partition coefficient (Wildman–Crippen LogP) is 5.35. The fourth-order valence-corrected chi connectivity index (χ4v) is 13.7. The van der Waals surface area contributed by atoms with Gasteiger partial charge >= 0.3 is 176 Å². The SMILES string of the molecule is C/C(CCCCCl)=[C](/F)[Ge]([c]1ccccc1)([c]1ccccc1)[c]1ccccc1. The summed E-state index contributed by atoms with van der Waals surface area (Å²) in [5.41, 5.74) is 0.863. The molecule has 3 heteroatoms. The Morgan fingerprint density at radius 2 is 1.11 bits per heavy atom. The molecule has 3 aromatic rings. The Morgan fingerprint density at radius 3 is 1.46 bits per heavy atom. The van der Waals surface area contributed by atoms with Gasteiger partial charge in [0.05, 0.1) is 0 Å². The number of benzene rings is 3. The van der Waals surface area contributed by atoms with Crippen LogP contribution in [-0.4, -0.2) is 19.1 Å². The Labute approximate surface area is 175 Å². The summed E-state index contributed by atoms with van der Waals surface area (Å²) in [6, 6.07) is 30.8. The number of rotatable bonds is 8. The molecule has 0 N–H and O–H groups in total. The van der Waals surface area contributed by atoms with Crippen LogP contribution in [0.5, 0.6) is 0 Å². The van der Waals surface area contributed by atoms with Crippen LogP contribution in [0.1, 0.15) is 26.2 Å². The zero-order valence-electron chi connectivity index (χ0n) is 16.2. The van der Waals surface area contributed by atoms with Gasteiger partial charge in [0.1, 0.15) is 0 Å². The molecule has 0 bridgehead atoms. The summed E-state index contributed by atoms with van der Waals surface area (Å²) < 4.78 is 20.0. The van der Waals surface area contributed by atoms with Crippen molar-refractivity contribution < 1.29 is 4.39 Å². The third-order valence-electron chi connectivity index (χ3n) is 5.26.